The number of anilines is 2. The van der Waals surface area contributed by atoms with E-state index in [4.69, 9.17) is 19.7 Å². The molecule has 3 N–H and O–H groups in total. The van der Waals surface area contributed by atoms with E-state index in [0.717, 1.165) is 16.8 Å². The Bertz CT molecular complexity index is 847. The molecule has 1 aromatic carbocycles. The Morgan fingerprint density at radius 3 is 2.12 bits per heavy atom. The molecular weight excluding hydrogens is 363 g/mol. The monoisotopic (exact) mass is 387 g/mol. The molecule has 5 nitrogen and oxygen atoms in total. The van der Waals surface area contributed by atoms with Gasteiger partial charge in [-0.25, -0.2) is 0 Å². The van der Waals surface area contributed by atoms with Crippen molar-refractivity contribution in [2.45, 2.75) is 57.5 Å². The standard InChI is InChI=1S/C18H24BN4OS2/c1-17(2,3)11-7-10(8-12(13(11)24)18(4,5)6)20-14-21-15(25)23-16(22-14)26-9-19/h7-9,24H,1-6H3,(H2,20,21,22,23,25). The Hall–Kier alpha value is -1.67. The summed E-state index contributed by atoms with van der Waals surface area (Å²) in [6.45, 7) is 12.4. The zero-order chi connectivity index (χ0) is 19.7. The van der Waals surface area contributed by atoms with Crippen molar-refractivity contribution in [1.82, 2.24) is 15.0 Å². The Morgan fingerprint density at radius 1 is 1.12 bits per heavy atom. The van der Waals surface area contributed by atoms with E-state index in [1.54, 1.807) is 0 Å². The minimum atomic E-state index is -0.212. The number of benzene rings is 1. The Kier molecular flexibility index (Phi) is 5.97. The SMILES string of the molecule is [B]=CSc1nc(Nc2cc(C(C)(C)C)c(O)c(C(C)(C)C)c2)[nH]c(=S)n1. The average Bonchev–Trinajstić information content (AvgIpc) is 2.46. The van der Waals surface area contributed by atoms with Crippen LogP contribution in [0.3, 0.4) is 0 Å². The van der Waals surface area contributed by atoms with Crippen molar-refractivity contribution >= 4 is 48.4 Å². The van der Waals surface area contributed by atoms with E-state index >= 15 is 0 Å². The van der Waals surface area contributed by atoms with Gasteiger partial charge in [-0.3, -0.25) is 0 Å². The molecule has 8 heteroatoms. The predicted octanol–water partition coefficient (Wildman–Crippen LogP) is 4.60. The fraction of sp³-hybridized carbons (Fsp3) is 0.444. The fourth-order valence-electron chi connectivity index (χ4n) is 2.52. The van der Waals surface area contributed by atoms with Gasteiger partial charge in [-0.05, 0) is 0 Å². The number of nitrogens with zero attached hydrogens (tertiary/aromatic N) is 2. The van der Waals surface area contributed by atoms with Crippen LogP contribution in [-0.2, 0) is 10.8 Å². The molecule has 1 aromatic heterocycles. The van der Waals surface area contributed by atoms with E-state index in [0.29, 0.717) is 21.6 Å². The summed E-state index contributed by atoms with van der Waals surface area (Å²) in [4.78, 5) is 11.4. The third kappa shape index (κ3) is 4.95. The maximum atomic E-state index is 10.8. The molecule has 0 fully saturated rings. The van der Waals surface area contributed by atoms with Crippen molar-refractivity contribution in [3.05, 3.63) is 28.0 Å². The van der Waals surface area contributed by atoms with E-state index in [1.807, 2.05) is 12.1 Å². The first kappa shape index (κ1) is 20.6. The summed E-state index contributed by atoms with van der Waals surface area (Å²) >= 11 is 6.35. The first-order valence-electron chi connectivity index (χ1n) is 8.25. The van der Waals surface area contributed by atoms with Gasteiger partial charge in [0.05, 0.1) is 0 Å². The van der Waals surface area contributed by atoms with E-state index < -0.39 is 0 Å². The molecule has 0 aliphatic rings. The Balaban J connectivity index is 2.57. The van der Waals surface area contributed by atoms with Crippen molar-refractivity contribution in [3.8, 4) is 5.75 Å². The number of thioether (sulfide) groups is 1. The topological polar surface area (TPSA) is 73.8 Å². The number of nitrogens with one attached hydrogen (secondary N) is 2. The molecule has 0 aliphatic carbocycles. The van der Waals surface area contributed by atoms with Crippen LogP contribution in [0.15, 0.2) is 17.3 Å². The van der Waals surface area contributed by atoms with Crippen LogP contribution < -0.4 is 5.32 Å². The quantitative estimate of drug-likeness (QED) is 0.308. The number of rotatable bonds is 4. The second kappa shape index (κ2) is 7.52. The molecule has 0 aliphatic heterocycles. The Labute approximate surface area is 165 Å². The number of phenolic OH excluding ortho intramolecular Hbond substituents is 1. The van der Waals surface area contributed by atoms with Gasteiger partial charge in [-0.15, -0.1) is 0 Å². The molecule has 1 radical (unpaired) electrons. The van der Waals surface area contributed by atoms with Crippen molar-refractivity contribution in [2.24, 2.45) is 0 Å². The molecule has 2 aromatic rings. The second-order valence-corrected chi connectivity index (χ2v) is 9.34. The van der Waals surface area contributed by atoms with Gasteiger partial charge >= 0.3 is 165 Å². The summed E-state index contributed by atoms with van der Waals surface area (Å²) in [5.41, 5.74) is 2.12. The second-order valence-electron chi connectivity index (χ2n) is 8.08. The molecule has 137 valence electrons. The third-order valence-electron chi connectivity index (χ3n) is 3.79. The van der Waals surface area contributed by atoms with Gasteiger partial charge < -0.3 is 0 Å². The van der Waals surface area contributed by atoms with Crippen LogP contribution in [0.2, 0.25) is 0 Å². The molecular formula is C18H24BN4OS2. The number of phenols is 1. The summed E-state index contributed by atoms with van der Waals surface area (Å²) in [7, 11) is 5.43. The third-order valence-corrected chi connectivity index (χ3v) is 4.51. The van der Waals surface area contributed by atoms with Gasteiger partial charge in [-0.2, -0.15) is 0 Å². The van der Waals surface area contributed by atoms with Gasteiger partial charge in [0.25, 0.3) is 0 Å². The number of H-pyrrole nitrogens is 1. The van der Waals surface area contributed by atoms with E-state index in [-0.39, 0.29) is 10.8 Å². The van der Waals surface area contributed by atoms with Gasteiger partial charge in [0.15, 0.2) is 0 Å². The van der Waals surface area contributed by atoms with Crippen molar-refractivity contribution in [3.63, 3.8) is 0 Å². The number of hydrogen-bond donors (Lipinski definition) is 3. The van der Waals surface area contributed by atoms with Gasteiger partial charge in [-0.1, -0.05) is 0 Å². The number of hydrogen-bond acceptors (Lipinski definition) is 6. The van der Waals surface area contributed by atoms with Crippen LogP contribution in [0.25, 0.3) is 0 Å². The molecule has 26 heavy (non-hydrogen) atoms. The van der Waals surface area contributed by atoms with Crippen molar-refractivity contribution in [2.75, 3.05) is 5.32 Å². The first-order chi connectivity index (χ1) is 11.9. The van der Waals surface area contributed by atoms with Crippen LogP contribution in [0.1, 0.15) is 52.7 Å². The van der Waals surface area contributed by atoms with Gasteiger partial charge in [0.1, 0.15) is 0 Å². The summed E-state index contributed by atoms with van der Waals surface area (Å²) in [5, 5.41) is 15.9. The summed E-state index contributed by atoms with van der Waals surface area (Å²) in [5.74, 6) is 0.805. The Morgan fingerprint density at radius 2 is 1.65 bits per heavy atom. The van der Waals surface area contributed by atoms with Crippen LogP contribution in [0, 0.1) is 4.77 Å². The van der Waals surface area contributed by atoms with Crippen LogP contribution >= 0.6 is 24.0 Å². The average molecular weight is 387 g/mol. The number of aromatic nitrogens is 3. The van der Waals surface area contributed by atoms with Gasteiger partial charge in [0.2, 0.25) is 0 Å². The fourth-order valence-corrected chi connectivity index (χ4v) is 3.17. The number of aromatic hydroxyl groups is 1. The molecule has 0 spiro atoms. The van der Waals surface area contributed by atoms with Crippen molar-refractivity contribution in [1.29, 1.82) is 0 Å². The van der Waals surface area contributed by atoms with Crippen LogP contribution in [0.4, 0.5) is 11.6 Å². The molecule has 2 rings (SSSR count). The summed E-state index contributed by atoms with van der Waals surface area (Å²) in [6.07, 6.45) is 0. The number of aromatic amines is 1. The molecule has 1 heterocycles. The normalized spacial score (nSPS) is 12.0. The first-order valence-corrected chi connectivity index (χ1v) is 9.54. The van der Waals surface area contributed by atoms with Gasteiger partial charge in [0, 0.05) is 0 Å². The zero-order valence-corrected chi connectivity index (χ0v) is 17.6. The summed E-state index contributed by atoms with van der Waals surface area (Å²) in [6, 6.07) is 3.87. The van der Waals surface area contributed by atoms with E-state index in [9.17, 15) is 5.11 Å². The molecule has 0 atom stereocenters. The summed E-state index contributed by atoms with van der Waals surface area (Å²) < 4.78 is 0.317. The zero-order valence-electron chi connectivity index (χ0n) is 16.0. The molecule has 0 saturated carbocycles. The maximum absolute atomic E-state index is 10.8. The molecule has 0 saturated heterocycles. The predicted molar refractivity (Wildman–Crippen MR) is 114 cm³/mol. The molecule has 0 bridgehead atoms. The van der Waals surface area contributed by atoms with Crippen molar-refractivity contribution < 1.29 is 5.11 Å². The molecule has 0 unspecified atom stereocenters. The van der Waals surface area contributed by atoms with Crippen LogP contribution in [0.5, 0.6) is 5.75 Å². The minimum absolute atomic E-state index is 0.212. The van der Waals surface area contributed by atoms with E-state index in [2.05, 4.69) is 61.8 Å². The molecule has 0 amide bonds. The van der Waals surface area contributed by atoms with Crippen LogP contribution in [-0.4, -0.2) is 32.8 Å². The van der Waals surface area contributed by atoms with E-state index in [1.165, 1.54) is 17.1 Å².